The molecule has 2 amide bonds. The maximum Gasteiger partial charge on any atom is 0.314 e. The Morgan fingerprint density at radius 3 is 2.86 bits per heavy atom. The van der Waals surface area contributed by atoms with Gasteiger partial charge < -0.3 is 10.6 Å². The van der Waals surface area contributed by atoms with E-state index in [0.29, 0.717) is 6.54 Å². The fourth-order valence-electron chi connectivity index (χ4n) is 0.144. The Morgan fingerprint density at radius 2 is 2.71 bits per heavy atom. The molecule has 42 valence electrons. The normalized spacial score (nSPS) is 9.71. The summed E-state index contributed by atoms with van der Waals surface area (Å²) < 4.78 is 6.40. The highest BCUT2D eigenvalue weighted by Crippen LogP contribution is 1.75. The molecule has 3 heteroatoms. The molecular weight excluding hydrogens is 92.1 g/mol. The number of nitrogens with two attached hydrogens (primary N) is 1. The van der Waals surface area contributed by atoms with Gasteiger partial charge in [-0.05, 0) is 6.92 Å². The van der Waals surface area contributed by atoms with Gasteiger partial charge in [-0.3, -0.25) is 0 Å². The van der Waals surface area contributed by atoms with Crippen molar-refractivity contribution in [1.29, 1.82) is 0 Å². The molecule has 0 rings (SSSR count). The van der Waals surface area contributed by atoms with Gasteiger partial charge in [-0.25, -0.2) is 4.79 Å². The van der Waals surface area contributed by atoms with Gasteiger partial charge in [0.15, 0.2) is 1.41 Å². The van der Waals surface area contributed by atoms with Crippen molar-refractivity contribution in [3.63, 3.8) is 0 Å². The van der Waals surface area contributed by atoms with Crippen LogP contribution < -0.4 is 5.73 Å². The van der Waals surface area contributed by atoms with Crippen LogP contribution in [-0.2, 0) is 0 Å². The average molecular weight is 103 g/mol. The molecule has 7 heavy (non-hydrogen) atoms. The lowest BCUT2D eigenvalue weighted by atomic mass is 10.6. The zero-order valence-corrected chi connectivity index (χ0v) is 4.56. The summed E-state index contributed by atoms with van der Waals surface area (Å²) in [5.74, 6) is 0. The molecule has 0 aromatic heterocycles. The molecule has 0 unspecified atom stereocenters. The van der Waals surface area contributed by atoms with Gasteiger partial charge in [0.05, 0.1) is 0 Å². The number of hydrogen-bond donors (Lipinski definition) is 1. The lowest BCUT2D eigenvalue weighted by Crippen LogP contribution is -2.31. The number of primary amides is 1. The van der Waals surface area contributed by atoms with Crippen molar-refractivity contribution < 1.29 is 6.21 Å². The Balaban J connectivity index is 3.46. The van der Waals surface area contributed by atoms with E-state index < -0.39 is 0 Å². The molecule has 0 atom stereocenters. The first-order valence-corrected chi connectivity index (χ1v) is 2.15. The molecule has 0 aromatic rings. The number of carbonyl (C=O) groups excluding carboxylic acids is 1. The minimum atomic E-state index is -0.368. The van der Waals surface area contributed by atoms with E-state index in [-0.39, 0.29) is 6.03 Å². The highest BCUT2D eigenvalue weighted by atomic mass is 16.2. The van der Waals surface area contributed by atoms with Crippen molar-refractivity contribution in [2.45, 2.75) is 6.92 Å². The van der Waals surface area contributed by atoms with Gasteiger partial charge in [0, 0.05) is 13.6 Å². The first-order chi connectivity index (χ1) is 3.72. The third kappa shape index (κ3) is 2.03. The molecule has 0 aliphatic carbocycles. The molecular formula is C4H10N2O. The Kier molecular flexibility index (Phi) is 1.55. The van der Waals surface area contributed by atoms with E-state index in [1.54, 1.807) is 12.8 Å². The van der Waals surface area contributed by atoms with E-state index in [1.165, 1.54) is 4.90 Å². The second kappa shape index (κ2) is 2.44. The van der Waals surface area contributed by atoms with Crippen LogP contribution in [-0.4, -0.2) is 24.5 Å². The van der Waals surface area contributed by atoms with Gasteiger partial charge in [0.1, 0.15) is 0 Å². The van der Waals surface area contributed by atoms with Gasteiger partial charge in [-0.1, -0.05) is 0 Å². The molecule has 0 saturated heterocycles. The maximum atomic E-state index is 10.4. The van der Waals surface area contributed by atoms with Crippen LogP contribution in [0.25, 0.3) is 0 Å². The van der Waals surface area contributed by atoms with Crippen LogP contribution in [0, 0.1) is 0 Å². The molecule has 2 N–H and O–H groups in total. The van der Waals surface area contributed by atoms with Crippen LogP contribution in [0.2, 0.25) is 1.41 Å². The fraction of sp³-hybridized carbons (Fsp3) is 0.750. The van der Waals surface area contributed by atoms with E-state index in [2.05, 4.69) is 0 Å². The lowest BCUT2D eigenvalue weighted by molar-refractivity contribution is 0.221. The average Bonchev–Trinajstić information content (AvgIpc) is 1.84. The largest absolute Gasteiger partial charge is 0.352 e. The van der Waals surface area contributed by atoms with Crippen molar-refractivity contribution >= 4 is 6.03 Å². The number of amides is 2. The zero-order valence-electron chi connectivity index (χ0n) is 5.56. The quantitative estimate of drug-likeness (QED) is 0.499. The van der Waals surface area contributed by atoms with Crippen LogP contribution in [0.4, 0.5) is 4.79 Å². The van der Waals surface area contributed by atoms with Crippen molar-refractivity contribution in [2.24, 2.45) is 5.73 Å². The molecule has 0 aliphatic heterocycles. The van der Waals surface area contributed by atoms with E-state index in [0.717, 1.165) is 0 Å². The Bertz CT molecular complexity index is 86.1. The molecule has 0 aromatic carbocycles. The molecule has 0 heterocycles. The fourth-order valence-corrected chi connectivity index (χ4v) is 0.144. The van der Waals surface area contributed by atoms with Crippen molar-refractivity contribution in [1.82, 2.24) is 4.90 Å². The summed E-state index contributed by atoms with van der Waals surface area (Å²) in [5.41, 5.74) is 1.75. The second-order valence-electron chi connectivity index (χ2n) is 1.32. The SMILES string of the molecule is [2H]NC(=O)N(C)CC. The lowest BCUT2D eigenvalue weighted by Gasteiger charge is -2.08. The number of hydrogen-bond acceptors (Lipinski definition) is 1. The summed E-state index contributed by atoms with van der Waals surface area (Å²) in [5, 5.41) is 0. The first-order valence-electron chi connectivity index (χ1n) is 2.65. The predicted molar refractivity (Wildman–Crippen MR) is 27.9 cm³/mol. The van der Waals surface area contributed by atoms with E-state index in [9.17, 15) is 4.79 Å². The number of urea groups is 1. The number of rotatable bonds is 1. The summed E-state index contributed by atoms with van der Waals surface area (Å²) in [6.45, 7) is 2.47. The van der Waals surface area contributed by atoms with Crippen LogP contribution >= 0.6 is 0 Å². The summed E-state index contributed by atoms with van der Waals surface area (Å²) in [6.07, 6.45) is 0. The summed E-state index contributed by atoms with van der Waals surface area (Å²) >= 11 is 0. The van der Waals surface area contributed by atoms with Crippen LogP contribution in [0.15, 0.2) is 0 Å². The van der Waals surface area contributed by atoms with E-state index in [4.69, 9.17) is 1.41 Å². The number of carbonyl (C=O) groups is 1. The molecule has 0 saturated carbocycles. The Labute approximate surface area is 44.6 Å². The maximum absolute atomic E-state index is 10.4. The van der Waals surface area contributed by atoms with Gasteiger partial charge in [-0.15, -0.1) is 0 Å². The molecule has 0 radical (unpaired) electrons. The molecule has 0 aliphatic rings. The van der Waals surface area contributed by atoms with Gasteiger partial charge in [0.2, 0.25) is 0 Å². The van der Waals surface area contributed by atoms with Crippen LogP contribution in [0.3, 0.4) is 0 Å². The summed E-state index contributed by atoms with van der Waals surface area (Å²) in [7, 11) is 1.63. The summed E-state index contributed by atoms with van der Waals surface area (Å²) in [4.78, 5) is 11.8. The van der Waals surface area contributed by atoms with E-state index >= 15 is 0 Å². The predicted octanol–water partition coefficient (Wildman–Crippen LogP) is 0.0168. The van der Waals surface area contributed by atoms with Crippen molar-refractivity contribution in [2.75, 3.05) is 13.6 Å². The second-order valence-corrected chi connectivity index (χ2v) is 1.32. The molecule has 0 spiro atoms. The Hall–Kier alpha value is -0.730. The monoisotopic (exact) mass is 103 g/mol. The van der Waals surface area contributed by atoms with Gasteiger partial charge in [-0.2, -0.15) is 0 Å². The van der Waals surface area contributed by atoms with Crippen molar-refractivity contribution in [3.8, 4) is 0 Å². The number of nitrogens with zero attached hydrogens (tertiary/aromatic N) is 1. The third-order valence-electron chi connectivity index (χ3n) is 0.821. The topological polar surface area (TPSA) is 46.3 Å². The van der Waals surface area contributed by atoms with Gasteiger partial charge in [0.25, 0.3) is 0 Å². The van der Waals surface area contributed by atoms with Crippen molar-refractivity contribution in [3.05, 3.63) is 0 Å². The third-order valence-corrected chi connectivity index (χ3v) is 0.821. The minimum absolute atomic E-state index is 0.368. The van der Waals surface area contributed by atoms with Gasteiger partial charge >= 0.3 is 6.03 Å². The minimum Gasteiger partial charge on any atom is -0.352 e. The molecule has 3 nitrogen and oxygen atoms in total. The first kappa shape index (κ1) is 4.43. The zero-order chi connectivity index (χ0) is 6.57. The molecule has 0 fully saturated rings. The van der Waals surface area contributed by atoms with E-state index in [1.807, 2.05) is 6.92 Å². The van der Waals surface area contributed by atoms with Crippen LogP contribution in [0.1, 0.15) is 6.92 Å². The standard InChI is InChI=1S/C4H10N2O/c1-3-6(2)4(5)7/h3H2,1-2H3,(H2,5,7)/i/hD. The Morgan fingerprint density at radius 1 is 2.14 bits per heavy atom. The highest BCUT2D eigenvalue weighted by molar-refractivity contribution is 5.71. The molecule has 0 bridgehead atoms. The summed E-state index contributed by atoms with van der Waals surface area (Å²) in [6, 6.07) is -0.368. The highest BCUT2D eigenvalue weighted by Gasteiger charge is 1.94. The van der Waals surface area contributed by atoms with Crippen LogP contribution in [0.5, 0.6) is 0 Å². The smallest absolute Gasteiger partial charge is 0.314 e.